The van der Waals surface area contributed by atoms with Crippen molar-refractivity contribution in [1.82, 2.24) is 10.4 Å². The molecule has 1 aliphatic carbocycles. The van der Waals surface area contributed by atoms with Crippen LogP contribution in [0.1, 0.15) is 78.5 Å². The second kappa shape index (κ2) is 11.5. The third kappa shape index (κ3) is 5.74. The molecule has 39 heavy (non-hydrogen) atoms. The molecule has 2 aliphatic rings. The van der Waals surface area contributed by atoms with E-state index in [1.54, 1.807) is 0 Å². The van der Waals surface area contributed by atoms with E-state index in [1.807, 2.05) is 97.6 Å². The van der Waals surface area contributed by atoms with Gasteiger partial charge in [-0.25, -0.2) is 5.48 Å². The van der Waals surface area contributed by atoms with E-state index in [0.29, 0.717) is 16.1 Å². The van der Waals surface area contributed by atoms with Gasteiger partial charge in [0.25, 0.3) is 11.8 Å². The lowest BCUT2D eigenvalue weighted by atomic mass is 9.70. The zero-order chi connectivity index (χ0) is 27.6. The Hall–Kier alpha value is -3.19. The van der Waals surface area contributed by atoms with Crippen LogP contribution in [0.5, 0.6) is 0 Å². The molecule has 0 bridgehead atoms. The molecule has 204 valence electrons. The summed E-state index contributed by atoms with van der Waals surface area (Å²) in [6.07, 6.45) is 3.85. The van der Waals surface area contributed by atoms with Gasteiger partial charge in [-0.1, -0.05) is 85.1 Å². The first-order valence-corrected chi connectivity index (χ1v) is 14.0. The molecule has 6 nitrogen and oxygen atoms in total. The van der Waals surface area contributed by atoms with E-state index >= 15 is 0 Å². The van der Waals surface area contributed by atoms with E-state index in [4.69, 9.17) is 22.2 Å². The number of carbonyl (C=O) groups excluding carboxylic acids is 2. The van der Waals surface area contributed by atoms with Crippen molar-refractivity contribution in [2.75, 3.05) is 0 Å². The SMILES string of the molecule is CC(C)(N)[C@H]1CCCC[C@@H]1N1C(=O)c2ccccc2[C@@H](C(=O)NOCc2ccccc2)[C@@H]1c1ccc(Cl)cc1. The largest absolute Gasteiger partial charge is 0.327 e. The first-order valence-electron chi connectivity index (χ1n) is 13.7. The molecule has 7 heteroatoms. The van der Waals surface area contributed by atoms with Crippen LogP contribution in [-0.4, -0.2) is 28.3 Å². The predicted octanol–water partition coefficient (Wildman–Crippen LogP) is 6.16. The Morgan fingerprint density at radius 1 is 1.00 bits per heavy atom. The molecule has 3 aromatic carbocycles. The predicted molar refractivity (Wildman–Crippen MR) is 153 cm³/mol. The number of halogens is 1. The minimum absolute atomic E-state index is 0.0686. The molecule has 3 aromatic rings. The molecule has 5 rings (SSSR count). The fourth-order valence-electron chi connectivity index (χ4n) is 6.35. The van der Waals surface area contributed by atoms with Crippen LogP contribution in [0.15, 0.2) is 78.9 Å². The molecule has 1 aliphatic heterocycles. The summed E-state index contributed by atoms with van der Waals surface area (Å²) < 4.78 is 0. The Kier molecular flexibility index (Phi) is 8.08. The zero-order valence-corrected chi connectivity index (χ0v) is 23.2. The van der Waals surface area contributed by atoms with Crippen LogP contribution in [0.25, 0.3) is 0 Å². The zero-order valence-electron chi connectivity index (χ0n) is 22.5. The Labute approximate surface area is 235 Å². The van der Waals surface area contributed by atoms with E-state index in [1.165, 1.54) is 0 Å². The van der Waals surface area contributed by atoms with Gasteiger partial charge < -0.3 is 10.6 Å². The molecule has 0 radical (unpaired) electrons. The molecule has 0 spiro atoms. The number of nitrogens with zero attached hydrogens (tertiary/aromatic N) is 1. The minimum Gasteiger partial charge on any atom is -0.327 e. The number of hydrogen-bond donors (Lipinski definition) is 2. The third-order valence-corrected chi connectivity index (χ3v) is 8.42. The topological polar surface area (TPSA) is 84.7 Å². The molecular weight excluding hydrogens is 510 g/mol. The van der Waals surface area contributed by atoms with Crippen LogP contribution in [0.3, 0.4) is 0 Å². The van der Waals surface area contributed by atoms with Gasteiger partial charge in [0.1, 0.15) is 0 Å². The van der Waals surface area contributed by atoms with Crippen molar-refractivity contribution in [3.8, 4) is 0 Å². The van der Waals surface area contributed by atoms with Gasteiger partial charge in [0.2, 0.25) is 0 Å². The smallest absolute Gasteiger partial charge is 0.254 e. The van der Waals surface area contributed by atoms with Crippen LogP contribution in [-0.2, 0) is 16.2 Å². The van der Waals surface area contributed by atoms with Crippen molar-refractivity contribution in [3.05, 3.63) is 106 Å². The van der Waals surface area contributed by atoms with Gasteiger partial charge in [-0.05, 0) is 67.5 Å². The fourth-order valence-corrected chi connectivity index (χ4v) is 6.48. The first-order chi connectivity index (χ1) is 18.8. The molecule has 3 N–H and O–H groups in total. The maximum atomic E-state index is 14.3. The van der Waals surface area contributed by atoms with Crippen molar-refractivity contribution in [1.29, 1.82) is 0 Å². The number of carbonyl (C=O) groups is 2. The number of fused-ring (bicyclic) bond motifs is 1. The lowest BCUT2D eigenvalue weighted by Crippen LogP contribution is -2.59. The lowest BCUT2D eigenvalue weighted by molar-refractivity contribution is -0.138. The minimum atomic E-state index is -0.681. The number of benzene rings is 3. The normalized spacial score (nSPS) is 23.3. The molecule has 1 heterocycles. The van der Waals surface area contributed by atoms with Crippen LogP contribution in [0.4, 0.5) is 0 Å². The quantitative estimate of drug-likeness (QED) is 0.348. The molecular formula is C32H36ClN3O3. The second-order valence-electron chi connectivity index (χ2n) is 11.3. The highest BCUT2D eigenvalue weighted by molar-refractivity contribution is 6.30. The number of nitrogens with two attached hydrogens (primary N) is 1. The molecule has 0 aromatic heterocycles. The molecule has 2 amide bonds. The monoisotopic (exact) mass is 545 g/mol. The van der Waals surface area contributed by atoms with E-state index in [0.717, 1.165) is 36.8 Å². The van der Waals surface area contributed by atoms with Crippen LogP contribution in [0.2, 0.25) is 5.02 Å². The van der Waals surface area contributed by atoms with E-state index in [-0.39, 0.29) is 30.4 Å². The van der Waals surface area contributed by atoms with Gasteiger partial charge in [-0.3, -0.25) is 14.4 Å². The number of rotatable bonds is 7. The van der Waals surface area contributed by atoms with E-state index < -0.39 is 17.5 Å². The van der Waals surface area contributed by atoms with Gasteiger partial charge in [0.05, 0.1) is 18.6 Å². The van der Waals surface area contributed by atoms with Crippen LogP contribution >= 0.6 is 11.6 Å². The Morgan fingerprint density at radius 2 is 1.67 bits per heavy atom. The van der Waals surface area contributed by atoms with E-state index in [9.17, 15) is 9.59 Å². The summed E-state index contributed by atoms with van der Waals surface area (Å²) in [5.74, 6) is -0.955. The highest BCUT2D eigenvalue weighted by atomic mass is 35.5. The van der Waals surface area contributed by atoms with Crippen molar-refractivity contribution >= 4 is 23.4 Å². The highest BCUT2D eigenvalue weighted by Gasteiger charge is 2.50. The maximum absolute atomic E-state index is 14.3. The fraction of sp³-hybridized carbons (Fsp3) is 0.375. The van der Waals surface area contributed by atoms with Crippen molar-refractivity contribution < 1.29 is 14.4 Å². The van der Waals surface area contributed by atoms with Gasteiger partial charge in [-0.2, -0.15) is 0 Å². The number of hydroxylamine groups is 1. The highest BCUT2D eigenvalue weighted by Crippen LogP contribution is 2.48. The lowest BCUT2D eigenvalue weighted by Gasteiger charge is -2.51. The van der Waals surface area contributed by atoms with Gasteiger partial charge >= 0.3 is 0 Å². The number of nitrogens with one attached hydrogen (secondary N) is 1. The summed E-state index contributed by atoms with van der Waals surface area (Å²) >= 11 is 6.26. The standard InChI is InChI=1S/C32H36ClN3O3/c1-32(2,34)26-14-8-9-15-27(26)36-29(22-16-18-23(33)19-17-22)28(24-12-6-7-13-25(24)31(36)38)30(37)35-39-20-21-10-4-3-5-11-21/h3-7,10-13,16-19,26-29H,8-9,14-15,20,34H2,1-2H3,(H,35,37)/t26-,27-,28+,29-/m0/s1. The van der Waals surface area contributed by atoms with Crippen LogP contribution < -0.4 is 11.2 Å². The maximum Gasteiger partial charge on any atom is 0.254 e. The van der Waals surface area contributed by atoms with Gasteiger partial charge in [-0.15, -0.1) is 0 Å². The molecule has 0 saturated heterocycles. The summed E-state index contributed by atoms with van der Waals surface area (Å²) in [6, 6.07) is 23.9. The first kappa shape index (κ1) is 27.4. The second-order valence-corrected chi connectivity index (χ2v) is 11.7. The molecule has 1 saturated carbocycles. The summed E-state index contributed by atoms with van der Waals surface area (Å²) in [7, 11) is 0. The molecule has 0 unspecified atom stereocenters. The Morgan fingerprint density at radius 3 is 2.38 bits per heavy atom. The molecule has 4 atom stereocenters. The van der Waals surface area contributed by atoms with Gasteiger partial charge in [0.15, 0.2) is 0 Å². The average molecular weight is 546 g/mol. The number of amides is 2. The molecule has 1 fully saturated rings. The van der Waals surface area contributed by atoms with Crippen molar-refractivity contribution in [2.24, 2.45) is 11.7 Å². The van der Waals surface area contributed by atoms with E-state index in [2.05, 4.69) is 5.48 Å². The van der Waals surface area contributed by atoms with Gasteiger partial charge in [0, 0.05) is 22.2 Å². The van der Waals surface area contributed by atoms with Crippen molar-refractivity contribution in [3.63, 3.8) is 0 Å². The average Bonchev–Trinajstić information content (AvgIpc) is 2.93. The summed E-state index contributed by atoms with van der Waals surface area (Å²) in [5, 5.41) is 0.596. The Bertz CT molecular complexity index is 1310. The summed E-state index contributed by atoms with van der Waals surface area (Å²) in [4.78, 5) is 35.9. The Balaban J connectivity index is 1.58. The summed E-state index contributed by atoms with van der Waals surface area (Å²) in [6.45, 7) is 4.32. The van der Waals surface area contributed by atoms with Crippen molar-refractivity contribution in [2.45, 2.75) is 69.7 Å². The van der Waals surface area contributed by atoms with Crippen LogP contribution in [0, 0.1) is 5.92 Å². The number of hydrogen-bond acceptors (Lipinski definition) is 4. The summed E-state index contributed by atoms with van der Waals surface area (Å²) in [5.41, 5.74) is 12.0. The third-order valence-electron chi connectivity index (χ3n) is 8.17.